The second kappa shape index (κ2) is 6.48. The molecule has 1 unspecified atom stereocenters. The molecular weight excluding hydrogens is 208 g/mol. The van der Waals surface area contributed by atoms with E-state index < -0.39 is 0 Å². The van der Waals surface area contributed by atoms with Gasteiger partial charge in [-0.25, -0.2) is 0 Å². The minimum atomic E-state index is -0.235. The van der Waals surface area contributed by atoms with Crippen LogP contribution in [0.1, 0.15) is 26.2 Å². The number of nitrogens with zero attached hydrogens (tertiary/aromatic N) is 1. The Balaban J connectivity index is 2.26. The Morgan fingerprint density at radius 3 is 2.88 bits per heavy atom. The lowest BCUT2D eigenvalue weighted by Crippen LogP contribution is -2.41. The van der Waals surface area contributed by atoms with Crippen LogP contribution in [-0.4, -0.2) is 43.0 Å². The topological polar surface area (TPSA) is 72.6 Å². The lowest BCUT2D eigenvalue weighted by molar-refractivity contribution is -0.143. The number of amides is 1. The second-order valence-corrected chi connectivity index (χ2v) is 4.10. The number of hydrogen-bond donors (Lipinski definition) is 1. The third kappa shape index (κ3) is 4.18. The Hall–Kier alpha value is -1.10. The summed E-state index contributed by atoms with van der Waals surface area (Å²) in [6, 6.07) is 0. The van der Waals surface area contributed by atoms with Crippen LogP contribution in [-0.2, 0) is 14.3 Å². The van der Waals surface area contributed by atoms with Crippen LogP contribution in [0.4, 0.5) is 0 Å². The van der Waals surface area contributed by atoms with Crippen molar-refractivity contribution in [3.05, 3.63) is 0 Å². The molecule has 0 aromatic carbocycles. The van der Waals surface area contributed by atoms with E-state index in [1.165, 1.54) is 0 Å². The van der Waals surface area contributed by atoms with E-state index in [2.05, 4.69) is 4.90 Å². The molecule has 1 fully saturated rings. The van der Waals surface area contributed by atoms with Gasteiger partial charge in [0.25, 0.3) is 0 Å². The molecule has 2 N–H and O–H groups in total. The highest BCUT2D eigenvalue weighted by atomic mass is 16.5. The molecule has 0 aromatic heterocycles. The van der Waals surface area contributed by atoms with E-state index >= 15 is 0 Å². The fourth-order valence-corrected chi connectivity index (χ4v) is 1.97. The summed E-state index contributed by atoms with van der Waals surface area (Å²) in [5, 5.41) is 0. The number of piperidine rings is 1. The number of primary amides is 1. The standard InChI is InChI=1S/C11H20N2O3/c1-2-16-10(14)5-7-13-6-3-4-9(8-13)11(12)15/h9H,2-8H2,1H3,(H2,12,15). The van der Waals surface area contributed by atoms with E-state index in [1.54, 1.807) is 6.92 Å². The van der Waals surface area contributed by atoms with Crippen molar-refractivity contribution in [2.24, 2.45) is 11.7 Å². The van der Waals surface area contributed by atoms with Gasteiger partial charge in [0.15, 0.2) is 0 Å². The van der Waals surface area contributed by atoms with Gasteiger partial charge < -0.3 is 15.4 Å². The van der Waals surface area contributed by atoms with Crippen LogP contribution >= 0.6 is 0 Å². The zero-order valence-electron chi connectivity index (χ0n) is 9.78. The molecule has 0 spiro atoms. The lowest BCUT2D eigenvalue weighted by atomic mass is 9.97. The highest BCUT2D eigenvalue weighted by Crippen LogP contribution is 2.15. The molecule has 5 nitrogen and oxygen atoms in total. The smallest absolute Gasteiger partial charge is 0.307 e. The first-order valence-electron chi connectivity index (χ1n) is 5.80. The predicted molar refractivity (Wildman–Crippen MR) is 59.6 cm³/mol. The number of esters is 1. The Bertz CT molecular complexity index is 256. The molecule has 1 aliphatic heterocycles. The fraction of sp³-hybridized carbons (Fsp3) is 0.818. The third-order valence-corrected chi connectivity index (χ3v) is 2.85. The number of nitrogens with two attached hydrogens (primary N) is 1. The predicted octanol–water partition coefficient (Wildman–Crippen LogP) is 0.137. The monoisotopic (exact) mass is 228 g/mol. The molecule has 92 valence electrons. The van der Waals surface area contributed by atoms with Crippen molar-refractivity contribution in [3.8, 4) is 0 Å². The van der Waals surface area contributed by atoms with Gasteiger partial charge in [-0.3, -0.25) is 9.59 Å². The largest absolute Gasteiger partial charge is 0.466 e. The van der Waals surface area contributed by atoms with Crippen LogP contribution < -0.4 is 5.73 Å². The zero-order chi connectivity index (χ0) is 12.0. The first-order chi connectivity index (χ1) is 7.63. The van der Waals surface area contributed by atoms with Gasteiger partial charge in [0.05, 0.1) is 18.9 Å². The molecule has 1 heterocycles. The molecule has 1 atom stereocenters. The Kier molecular flexibility index (Phi) is 5.25. The summed E-state index contributed by atoms with van der Waals surface area (Å²) in [4.78, 5) is 24.3. The van der Waals surface area contributed by atoms with Crippen LogP contribution in [0, 0.1) is 5.92 Å². The number of likely N-dealkylation sites (tertiary alicyclic amines) is 1. The molecule has 0 bridgehead atoms. The second-order valence-electron chi connectivity index (χ2n) is 4.10. The summed E-state index contributed by atoms with van der Waals surface area (Å²) >= 11 is 0. The zero-order valence-corrected chi connectivity index (χ0v) is 9.78. The van der Waals surface area contributed by atoms with Crippen LogP contribution in [0.15, 0.2) is 0 Å². The van der Waals surface area contributed by atoms with Gasteiger partial charge >= 0.3 is 5.97 Å². The van der Waals surface area contributed by atoms with Crippen molar-refractivity contribution in [2.75, 3.05) is 26.2 Å². The van der Waals surface area contributed by atoms with Crippen LogP contribution in [0.5, 0.6) is 0 Å². The molecule has 0 saturated carbocycles. The van der Waals surface area contributed by atoms with Crippen LogP contribution in [0.25, 0.3) is 0 Å². The van der Waals surface area contributed by atoms with Crippen molar-refractivity contribution in [2.45, 2.75) is 26.2 Å². The molecule has 5 heteroatoms. The maximum atomic E-state index is 11.2. The number of carbonyl (C=O) groups excluding carboxylic acids is 2. The minimum absolute atomic E-state index is 0.0593. The fourth-order valence-electron chi connectivity index (χ4n) is 1.97. The molecule has 0 aromatic rings. The maximum Gasteiger partial charge on any atom is 0.307 e. The summed E-state index contributed by atoms with van der Waals surface area (Å²) in [6.07, 6.45) is 2.22. The van der Waals surface area contributed by atoms with E-state index in [9.17, 15) is 9.59 Å². The Morgan fingerprint density at radius 1 is 1.50 bits per heavy atom. The Morgan fingerprint density at radius 2 is 2.25 bits per heavy atom. The van der Waals surface area contributed by atoms with Crippen LogP contribution in [0.2, 0.25) is 0 Å². The SMILES string of the molecule is CCOC(=O)CCN1CCCC(C(N)=O)C1. The maximum absolute atomic E-state index is 11.2. The van der Waals surface area contributed by atoms with Gasteiger partial charge in [0, 0.05) is 13.1 Å². The van der Waals surface area contributed by atoms with Crippen molar-refractivity contribution < 1.29 is 14.3 Å². The van der Waals surface area contributed by atoms with Gasteiger partial charge in [0.2, 0.25) is 5.91 Å². The molecule has 16 heavy (non-hydrogen) atoms. The molecule has 1 rings (SSSR count). The van der Waals surface area contributed by atoms with E-state index in [1.807, 2.05) is 0 Å². The minimum Gasteiger partial charge on any atom is -0.466 e. The van der Waals surface area contributed by atoms with Crippen LogP contribution in [0.3, 0.4) is 0 Å². The average Bonchev–Trinajstić information content (AvgIpc) is 2.27. The third-order valence-electron chi connectivity index (χ3n) is 2.85. The van der Waals surface area contributed by atoms with Crippen molar-refractivity contribution >= 4 is 11.9 Å². The summed E-state index contributed by atoms with van der Waals surface area (Å²) in [5.41, 5.74) is 5.28. The molecule has 0 radical (unpaired) electrons. The highest BCUT2D eigenvalue weighted by molar-refractivity contribution is 5.77. The van der Waals surface area contributed by atoms with Gasteiger partial charge in [-0.2, -0.15) is 0 Å². The van der Waals surface area contributed by atoms with E-state index in [0.29, 0.717) is 26.1 Å². The number of ether oxygens (including phenoxy) is 1. The van der Waals surface area contributed by atoms with Gasteiger partial charge in [0.1, 0.15) is 0 Å². The first-order valence-corrected chi connectivity index (χ1v) is 5.80. The molecule has 1 aliphatic rings. The lowest BCUT2D eigenvalue weighted by Gasteiger charge is -2.30. The summed E-state index contributed by atoms with van der Waals surface area (Å²) in [6.45, 7) is 4.48. The highest BCUT2D eigenvalue weighted by Gasteiger charge is 2.23. The molecule has 0 aliphatic carbocycles. The van der Waals surface area contributed by atoms with Crippen molar-refractivity contribution in [1.82, 2.24) is 4.90 Å². The number of rotatable bonds is 5. The quantitative estimate of drug-likeness (QED) is 0.679. The number of carbonyl (C=O) groups is 2. The summed E-state index contributed by atoms with van der Waals surface area (Å²) in [5.74, 6) is -0.472. The first kappa shape index (κ1) is 13.0. The van der Waals surface area contributed by atoms with Crippen molar-refractivity contribution in [3.63, 3.8) is 0 Å². The summed E-state index contributed by atoms with van der Waals surface area (Å²) < 4.78 is 4.85. The van der Waals surface area contributed by atoms with Gasteiger partial charge in [-0.05, 0) is 26.3 Å². The number of hydrogen-bond acceptors (Lipinski definition) is 4. The summed E-state index contributed by atoms with van der Waals surface area (Å²) in [7, 11) is 0. The van der Waals surface area contributed by atoms with Gasteiger partial charge in [-0.15, -0.1) is 0 Å². The average molecular weight is 228 g/mol. The Labute approximate surface area is 95.9 Å². The van der Waals surface area contributed by atoms with E-state index in [-0.39, 0.29) is 17.8 Å². The van der Waals surface area contributed by atoms with Gasteiger partial charge in [-0.1, -0.05) is 0 Å². The van der Waals surface area contributed by atoms with E-state index in [4.69, 9.17) is 10.5 Å². The molecule has 1 saturated heterocycles. The van der Waals surface area contributed by atoms with E-state index in [0.717, 1.165) is 19.4 Å². The van der Waals surface area contributed by atoms with Crippen molar-refractivity contribution in [1.29, 1.82) is 0 Å². The molecule has 1 amide bonds. The normalized spacial score (nSPS) is 21.7. The molecular formula is C11H20N2O3.